The van der Waals surface area contributed by atoms with E-state index in [1.807, 2.05) is 137 Å². The lowest BCUT2D eigenvalue weighted by molar-refractivity contribution is -0.182. The molecule has 4 N–H and O–H groups in total. The minimum absolute atomic E-state index is 0.537. The summed E-state index contributed by atoms with van der Waals surface area (Å²) in [5.41, 5.74) is -0.188. The van der Waals surface area contributed by atoms with Crippen molar-refractivity contribution in [3.8, 4) is 23.0 Å². The van der Waals surface area contributed by atoms with Crippen LogP contribution in [0.25, 0.3) is 0 Å². The first kappa shape index (κ1) is 41.5. The first-order chi connectivity index (χ1) is 27.0. The van der Waals surface area contributed by atoms with E-state index in [0.29, 0.717) is 74.4 Å². The van der Waals surface area contributed by atoms with Crippen LogP contribution in [0, 0.1) is 23.7 Å². The Morgan fingerprint density at radius 3 is 1.02 bits per heavy atom. The lowest BCUT2D eigenvalue weighted by atomic mass is 9.55. The van der Waals surface area contributed by atoms with Crippen molar-refractivity contribution < 1.29 is 38.9 Å². The quantitative estimate of drug-likeness (QED) is 0.0695. The van der Waals surface area contributed by atoms with Crippen LogP contribution < -0.4 is 20.1 Å². The fourth-order valence-corrected chi connectivity index (χ4v) is 8.52. The summed E-state index contributed by atoms with van der Waals surface area (Å²) < 4.78 is 12.0. The second kappa shape index (κ2) is 18.8. The van der Waals surface area contributed by atoms with Crippen LogP contribution in [-0.2, 0) is 30.3 Å². The first-order valence-electron chi connectivity index (χ1n) is 19.8. The number of amides is 2. The average Bonchev–Trinajstić information content (AvgIpc) is 3.16. The number of carboxylic acids is 2. The van der Waals surface area contributed by atoms with Crippen molar-refractivity contribution in [1.29, 1.82) is 0 Å². The molecule has 0 spiro atoms. The maximum atomic E-state index is 14.6. The lowest BCUT2D eigenvalue weighted by Gasteiger charge is -2.48. The van der Waals surface area contributed by atoms with E-state index in [1.165, 1.54) is 0 Å². The Balaban J connectivity index is 1.46. The van der Waals surface area contributed by atoms with Gasteiger partial charge in [-0.3, -0.25) is 19.2 Å². The Morgan fingerprint density at radius 1 is 0.464 bits per heavy atom. The van der Waals surface area contributed by atoms with E-state index in [9.17, 15) is 29.4 Å². The van der Waals surface area contributed by atoms with Gasteiger partial charge >= 0.3 is 11.9 Å². The fraction of sp³-hybridized carbons (Fsp3) is 0.391. The largest absolute Gasteiger partial charge is 0.481 e. The number of ether oxygens (including phenoxy) is 2. The van der Waals surface area contributed by atoms with Gasteiger partial charge in [0, 0.05) is 0 Å². The zero-order valence-corrected chi connectivity index (χ0v) is 32.7. The number of carboxylic acid groups (broad SMARTS) is 2. The maximum absolute atomic E-state index is 14.6. The zero-order chi connectivity index (χ0) is 40.3. The van der Waals surface area contributed by atoms with Gasteiger partial charge in [0.25, 0.3) is 0 Å². The Kier molecular flexibility index (Phi) is 13.9. The Hall–Kier alpha value is -5.64. The smallest absolute Gasteiger partial charge is 0.308 e. The highest BCUT2D eigenvalue weighted by molar-refractivity contribution is 6.00. The van der Waals surface area contributed by atoms with Crippen molar-refractivity contribution in [2.24, 2.45) is 23.7 Å². The SMILES string of the molecule is CCCC(CCC)(NC(=O)[C@H]1[C@@H](C(=O)O)[C@H](C(=O)O)[C@@H]1C(=O)NC(CCC)(CCC)c1ccc(Oc2ccccc2)cc1)c1ccc(Oc2ccccc2)cc1. The maximum Gasteiger partial charge on any atom is 0.308 e. The van der Waals surface area contributed by atoms with Crippen molar-refractivity contribution in [3.63, 3.8) is 0 Å². The standard InChI is InChI=1S/C46H54N2O8/c1-5-27-45(28-6-2,31-19-23-35(24-20-31)55-33-15-11-9-12-16-33)47-41(49)37-38(40(44(53)54)39(37)43(51)52)42(50)48-46(29-7-3,30-8-4)32-21-25-36(26-22-32)56-34-17-13-10-14-18-34/h9-26,37-40H,5-8,27-30H2,1-4H3,(H,47,49)(H,48,50)(H,51,52)(H,53,54)/t37-,38-,39-,40-/m1/s1. The number of rotatable bonds is 20. The van der Waals surface area contributed by atoms with Gasteiger partial charge in [-0.25, -0.2) is 0 Å². The monoisotopic (exact) mass is 762 g/mol. The van der Waals surface area contributed by atoms with Gasteiger partial charge in [-0.1, -0.05) is 114 Å². The molecule has 0 heterocycles. The van der Waals surface area contributed by atoms with E-state index >= 15 is 0 Å². The molecular weight excluding hydrogens is 709 g/mol. The average molecular weight is 763 g/mol. The highest BCUT2D eigenvalue weighted by Gasteiger charge is 2.64. The lowest BCUT2D eigenvalue weighted by Crippen LogP contribution is -2.66. The van der Waals surface area contributed by atoms with E-state index in [-0.39, 0.29) is 0 Å². The number of benzene rings is 4. The van der Waals surface area contributed by atoms with E-state index in [1.54, 1.807) is 0 Å². The summed E-state index contributed by atoms with van der Waals surface area (Å²) >= 11 is 0. The molecule has 10 nitrogen and oxygen atoms in total. The number of aliphatic carboxylic acids is 2. The molecule has 0 unspecified atom stereocenters. The number of nitrogens with one attached hydrogen (secondary N) is 2. The zero-order valence-electron chi connectivity index (χ0n) is 32.7. The van der Waals surface area contributed by atoms with Crippen LogP contribution in [0.4, 0.5) is 0 Å². The van der Waals surface area contributed by atoms with Gasteiger partial charge in [0.2, 0.25) is 11.8 Å². The highest BCUT2D eigenvalue weighted by Crippen LogP contribution is 2.49. The molecule has 56 heavy (non-hydrogen) atoms. The van der Waals surface area contributed by atoms with E-state index in [0.717, 1.165) is 11.1 Å². The van der Waals surface area contributed by atoms with Crippen molar-refractivity contribution >= 4 is 23.8 Å². The molecule has 1 aliphatic rings. The third-order valence-electron chi connectivity index (χ3n) is 10.9. The summed E-state index contributed by atoms with van der Waals surface area (Å²) in [5, 5.41) is 27.1. The predicted molar refractivity (Wildman–Crippen MR) is 214 cm³/mol. The molecule has 1 aliphatic carbocycles. The Bertz CT molecular complexity index is 1760. The number of carbonyl (C=O) groups excluding carboxylic acids is 2. The van der Waals surface area contributed by atoms with Gasteiger partial charge in [-0.15, -0.1) is 0 Å². The third-order valence-corrected chi connectivity index (χ3v) is 10.9. The predicted octanol–water partition coefficient (Wildman–Crippen LogP) is 9.44. The van der Waals surface area contributed by atoms with Crippen molar-refractivity contribution in [3.05, 3.63) is 120 Å². The molecule has 1 fully saturated rings. The minimum atomic E-state index is -1.59. The summed E-state index contributed by atoms with van der Waals surface area (Å²) in [4.78, 5) is 54.6. The van der Waals surface area contributed by atoms with Crippen LogP contribution in [0.3, 0.4) is 0 Å². The van der Waals surface area contributed by atoms with Gasteiger partial charge in [0.1, 0.15) is 23.0 Å². The normalized spacial score (nSPS) is 17.9. The van der Waals surface area contributed by atoms with Crippen molar-refractivity contribution in [1.82, 2.24) is 10.6 Å². The van der Waals surface area contributed by atoms with Crippen LogP contribution in [-0.4, -0.2) is 34.0 Å². The van der Waals surface area contributed by atoms with E-state index in [4.69, 9.17) is 9.47 Å². The molecule has 0 saturated heterocycles. The molecule has 296 valence electrons. The second-order valence-corrected chi connectivity index (χ2v) is 14.8. The number of para-hydroxylation sites is 2. The van der Waals surface area contributed by atoms with E-state index < -0.39 is 58.5 Å². The summed E-state index contributed by atoms with van der Waals surface area (Å²) in [6, 6.07) is 33.6. The van der Waals surface area contributed by atoms with Gasteiger partial charge < -0.3 is 30.3 Å². The molecule has 0 aliphatic heterocycles. The number of hydrogen-bond donors (Lipinski definition) is 4. The summed E-state index contributed by atoms with van der Waals surface area (Å²) in [6.45, 7) is 8.02. The molecule has 4 aromatic rings. The van der Waals surface area contributed by atoms with Gasteiger partial charge in [0.05, 0.1) is 34.7 Å². The molecule has 0 radical (unpaired) electrons. The van der Waals surface area contributed by atoms with Crippen molar-refractivity contribution in [2.75, 3.05) is 0 Å². The topological polar surface area (TPSA) is 151 Å². The van der Waals surface area contributed by atoms with E-state index in [2.05, 4.69) is 10.6 Å². The summed E-state index contributed by atoms with van der Waals surface area (Å²) in [5.74, 6) is -7.58. The first-order valence-corrected chi connectivity index (χ1v) is 19.8. The minimum Gasteiger partial charge on any atom is -0.481 e. The van der Waals surface area contributed by atoms with Crippen LogP contribution in [0.15, 0.2) is 109 Å². The molecule has 4 atom stereocenters. The van der Waals surface area contributed by atoms with Gasteiger partial charge in [-0.05, 0) is 85.3 Å². The van der Waals surface area contributed by atoms with Gasteiger partial charge in [0.15, 0.2) is 0 Å². The molecule has 5 rings (SSSR count). The molecule has 2 amide bonds. The summed E-state index contributed by atoms with van der Waals surface area (Å²) in [7, 11) is 0. The van der Waals surface area contributed by atoms with Crippen molar-refractivity contribution in [2.45, 2.75) is 90.1 Å². The Labute approximate surface area is 329 Å². The van der Waals surface area contributed by atoms with Crippen LogP contribution in [0.1, 0.15) is 90.2 Å². The highest BCUT2D eigenvalue weighted by atomic mass is 16.5. The number of hydrogen-bond acceptors (Lipinski definition) is 6. The molecule has 1 saturated carbocycles. The molecule has 10 heteroatoms. The van der Waals surface area contributed by atoms with Crippen LogP contribution in [0.2, 0.25) is 0 Å². The summed E-state index contributed by atoms with van der Waals surface area (Å²) in [6.07, 6.45) is 4.94. The fourth-order valence-electron chi connectivity index (χ4n) is 8.52. The molecule has 0 bridgehead atoms. The molecular formula is C46H54N2O8. The second-order valence-electron chi connectivity index (χ2n) is 14.8. The molecule has 0 aromatic heterocycles. The Morgan fingerprint density at radius 2 is 0.750 bits per heavy atom. The van der Waals surface area contributed by atoms with Gasteiger partial charge in [-0.2, -0.15) is 0 Å². The third kappa shape index (κ3) is 9.24. The molecule has 4 aromatic carbocycles. The van der Waals surface area contributed by atoms with Crippen LogP contribution in [0.5, 0.6) is 23.0 Å². The van der Waals surface area contributed by atoms with Crippen LogP contribution >= 0.6 is 0 Å². The number of carbonyl (C=O) groups is 4.